The van der Waals surface area contributed by atoms with Gasteiger partial charge in [-0.2, -0.15) is 22.8 Å². The number of amides is 1. The Balaban J connectivity index is 1.32. The molecule has 2 aromatic heterocycles. The molecule has 36 heavy (non-hydrogen) atoms. The van der Waals surface area contributed by atoms with E-state index in [0.717, 1.165) is 34.5 Å². The Hall–Kier alpha value is -3.88. The van der Waals surface area contributed by atoms with Crippen LogP contribution < -0.4 is 10.2 Å². The van der Waals surface area contributed by atoms with Crippen LogP contribution in [0.25, 0.3) is 16.9 Å². The van der Waals surface area contributed by atoms with Crippen LogP contribution >= 0.6 is 0 Å². The number of aromatic nitrogens is 3. The lowest BCUT2D eigenvalue weighted by Crippen LogP contribution is -2.39. The minimum atomic E-state index is -4.53. The van der Waals surface area contributed by atoms with Gasteiger partial charge in [0.05, 0.1) is 16.9 Å². The van der Waals surface area contributed by atoms with E-state index in [-0.39, 0.29) is 17.5 Å². The second kappa shape index (κ2) is 9.29. The Morgan fingerprint density at radius 3 is 2.39 bits per heavy atom. The zero-order valence-corrected chi connectivity index (χ0v) is 20.0. The summed E-state index contributed by atoms with van der Waals surface area (Å²) in [5, 5.41) is 7.30. The van der Waals surface area contributed by atoms with E-state index in [1.807, 2.05) is 54.8 Å². The van der Waals surface area contributed by atoms with Gasteiger partial charge in [-0.15, -0.1) is 0 Å². The van der Waals surface area contributed by atoms with Gasteiger partial charge in [-0.25, -0.2) is 4.98 Å². The average Bonchev–Trinajstić information content (AvgIpc) is 3.27. The number of benzene rings is 2. The first kappa shape index (κ1) is 23.8. The fourth-order valence-electron chi connectivity index (χ4n) is 4.62. The highest BCUT2D eigenvalue weighted by atomic mass is 19.4. The van der Waals surface area contributed by atoms with E-state index in [9.17, 15) is 18.0 Å². The van der Waals surface area contributed by atoms with Crippen molar-refractivity contribution in [2.75, 3.05) is 23.3 Å². The summed E-state index contributed by atoms with van der Waals surface area (Å²) < 4.78 is 41.7. The highest BCUT2D eigenvalue weighted by molar-refractivity contribution is 5.93. The third-order valence-electron chi connectivity index (χ3n) is 6.56. The average molecular weight is 494 g/mol. The molecule has 3 heterocycles. The van der Waals surface area contributed by atoms with Gasteiger partial charge in [0.1, 0.15) is 5.82 Å². The summed E-state index contributed by atoms with van der Waals surface area (Å²) in [6.45, 7) is 5.13. The minimum Gasteiger partial charge on any atom is -0.356 e. The van der Waals surface area contributed by atoms with Crippen LogP contribution in [-0.2, 0) is 11.0 Å². The highest BCUT2D eigenvalue weighted by Gasteiger charge is 2.34. The Bertz CT molecular complexity index is 1400. The molecule has 5 rings (SSSR count). The third-order valence-corrected chi connectivity index (χ3v) is 6.56. The van der Waals surface area contributed by atoms with Crippen molar-refractivity contribution in [3.8, 4) is 11.3 Å². The second-order valence-electron chi connectivity index (χ2n) is 9.22. The maximum absolute atomic E-state index is 13.3. The summed E-state index contributed by atoms with van der Waals surface area (Å²) in [5.74, 6) is 0.127. The fraction of sp³-hybridized carbons (Fsp3) is 0.296. The number of carbonyl (C=O) groups excluding carboxylic acids is 1. The van der Waals surface area contributed by atoms with Gasteiger partial charge in [-0.1, -0.05) is 42.0 Å². The van der Waals surface area contributed by atoms with Crippen LogP contribution in [0.4, 0.5) is 24.7 Å². The molecule has 0 spiro atoms. The van der Waals surface area contributed by atoms with Gasteiger partial charge >= 0.3 is 6.18 Å². The summed E-state index contributed by atoms with van der Waals surface area (Å²) in [5.41, 5.74) is 3.56. The molecule has 1 fully saturated rings. The summed E-state index contributed by atoms with van der Waals surface area (Å²) in [6, 6.07) is 17.1. The second-order valence-corrected chi connectivity index (χ2v) is 9.22. The molecule has 0 saturated carbocycles. The van der Waals surface area contributed by atoms with Crippen LogP contribution in [-0.4, -0.2) is 33.6 Å². The number of nitrogens with zero attached hydrogens (tertiary/aromatic N) is 4. The maximum Gasteiger partial charge on any atom is 0.418 e. The Morgan fingerprint density at radius 2 is 1.69 bits per heavy atom. The normalized spacial score (nSPS) is 14.9. The topological polar surface area (TPSA) is 62.5 Å². The van der Waals surface area contributed by atoms with Crippen molar-refractivity contribution in [1.82, 2.24) is 14.6 Å². The van der Waals surface area contributed by atoms with Crippen molar-refractivity contribution in [1.29, 1.82) is 0 Å². The van der Waals surface area contributed by atoms with Crippen LogP contribution in [0.3, 0.4) is 0 Å². The molecule has 0 bridgehead atoms. The number of hydrogen-bond acceptors (Lipinski definition) is 4. The van der Waals surface area contributed by atoms with Crippen LogP contribution in [0.15, 0.2) is 60.7 Å². The van der Waals surface area contributed by atoms with E-state index in [0.29, 0.717) is 25.9 Å². The molecule has 1 amide bonds. The van der Waals surface area contributed by atoms with Crippen LogP contribution in [0, 0.1) is 19.8 Å². The molecule has 0 radical (unpaired) electrons. The Labute approximate surface area is 206 Å². The molecule has 186 valence electrons. The molecule has 6 nitrogen and oxygen atoms in total. The molecule has 0 unspecified atom stereocenters. The molecule has 1 aliphatic heterocycles. The van der Waals surface area contributed by atoms with Crippen LogP contribution in [0.2, 0.25) is 0 Å². The quantitative estimate of drug-likeness (QED) is 0.385. The summed E-state index contributed by atoms with van der Waals surface area (Å²) in [6.07, 6.45) is -3.48. The van der Waals surface area contributed by atoms with Gasteiger partial charge < -0.3 is 10.2 Å². The number of fused-ring (bicyclic) bond motifs is 1. The lowest BCUT2D eigenvalue weighted by molar-refractivity contribution is -0.137. The van der Waals surface area contributed by atoms with Crippen molar-refractivity contribution in [3.63, 3.8) is 0 Å². The van der Waals surface area contributed by atoms with Gasteiger partial charge in [0, 0.05) is 42.4 Å². The van der Waals surface area contributed by atoms with Crippen molar-refractivity contribution in [2.24, 2.45) is 5.92 Å². The molecule has 2 aromatic carbocycles. The van der Waals surface area contributed by atoms with Crippen molar-refractivity contribution < 1.29 is 18.0 Å². The first-order valence-electron chi connectivity index (χ1n) is 11.9. The van der Waals surface area contributed by atoms with E-state index in [2.05, 4.69) is 15.2 Å². The number of rotatable bonds is 4. The zero-order valence-electron chi connectivity index (χ0n) is 20.0. The van der Waals surface area contributed by atoms with Gasteiger partial charge in [0.15, 0.2) is 5.65 Å². The molecule has 4 aromatic rings. The molecule has 1 saturated heterocycles. The van der Waals surface area contributed by atoms with E-state index in [1.54, 1.807) is 0 Å². The third kappa shape index (κ3) is 4.78. The first-order valence-corrected chi connectivity index (χ1v) is 11.9. The molecule has 9 heteroatoms. The van der Waals surface area contributed by atoms with Crippen molar-refractivity contribution in [2.45, 2.75) is 32.9 Å². The molecular formula is C27H26F3N5O. The summed E-state index contributed by atoms with van der Waals surface area (Å²) in [4.78, 5) is 19.6. The molecule has 0 aliphatic carbocycles. The number of anilines is 2. The summed E-state index contributed by atoms with van der Waals surface area (Å²) >= 11 is 0. The lowest BCUT2D eigenvalue weighted by atomic mass is 9.95. The van der Waals surface area contributed by atoms with Gasteiger partial charge in [0.25, 0.3) is 0 Å². The number of aryl methyl sites for hydroxylation is 2. The minimum absolute atomic E-state index is 0.205. The van der Waals surface area contributed by atoms with E-state index in [4.69, 9.17) is 5.10 Å². The number of piperidine rings is 1. The predicted molar refractivity (Wildman–Crippen MR) is 133 cm³/mol. The molecule has 1 aliphatic rings. The number of halogens is 3. The number of hydrogen-bond donors (Lipinski definition) is 1. The Morgan fingerprint density at radius 1 is 1.00 bits per heavy atom. The van der Waals surface area contributed by atoms with E-state index in [1.165, 1.54) is 23.8 Å². The van der Waals surface area contributed by atoms with E-state index < -0.39 is 11.7 Å². The predicted octanol–water partition coefficient (Wildman–Crippen LogP) is 5.89. The zero-order chi connectivity index (χ0) is 25.4. The largest absolute Gasteiger partial charge is 0.418 e. The van der Waals surface area contributed by atoms with Crippen LogP contribution in [0.1, 0.15) is 29.7 Å². The SMILES string of the molecule is Cc1ccc(-c2cc3nc(C)cc(N4CCC(C(=O)Nc5ccccc5C(F)(F)F)CC4)n3n2)cc1. The van der Waals surface area contributed by atoms with Crippen LogP contribution in [0.5, 0.6) is 0 Å². The van der Waals surface area contributed by atoms with Gasteiger partial charge in [-0.05, 0) is 38.8 Å². The number of nitrogens with one attached hydrogen (secondary N) is 1. The fourth-order valence-corrected chi connectivity index (χ4v) is 4.62. The maximum atomic E-state index is 13.3. The summed E-state index contributed by atoms with van der Waals surface area (Å²) in [7, 11) is 0. The molecular weight excluding hydrogens is 467 g/mol. The monoisotopic (exact) mass is 493 g/mol. The Kier molecular flexibility index (Phi) is 6.15. The van der Waals surface area contributed by atoms with Crippen molar-refractivity contribution in [3.05, 3.63) is 77.5 Å². The highest BCUT2D eigenvalue weighted by Crippen LogP contribution is 2.35. The van der Waals surface area contributed by atoms with Crippen molar-refractivity contribution >= 4 is 23.1 Å². The van der Waals surface area contributed by atoms with Gasteiger partial charge in [-0.3, -0.25) is 4.79 Å². The smallest absolute Gasteiger partial charge is 0.356 e. The molecule has 0 atom stereocenters. The lowest BCUT2D eigenvalue weighted by Gasteiger charge is -2.33. The van der Waals surface area contributed by atoms with E-state index >= 15 is 0 Å². The number of alkyl halides is 3. The standard InChI is InChI=1S/C27H26F3N5O/c1-17-7-9-19(10-8-17)23-16-24-31-18(2)15-25(35(24)33-23)34-13-11-20(12-14-34)26(36)32-22-6-4-3-5-21(22)27(28,29)30/h3-10,15-16,20H,11-14H2,1-2H3,(H,32,36). The molecule has 1 N–H and O–H groups in total. The number of para-hydroxylation sites is 1. The van der Waals surface area contributed by atoms with Gasteiger partial charge in [0.2, 0.25) is 5.91 Å². The number of carbonyl (C=O) groups is 1. The first-order chi connectivity index (χ1) is 17.2.